The van der Waals surface area contributed by atoms with Crippen LogP contribution in [0.5, 0.6) is 0 Å². The lowest BCUT2D eigenvalue weighted by Gasteiger charge is -2.07. The molecule has 0 amide bonds. The third kappa shape index (κ3) is 5.48. The van der Waals surface area contributed by atoms with Crippen LogP contribution in [0.25, 0.3) is 6.08 Å². The second-order valence-corrected chi connectivity index (χ2v) is 4.51. The van der Waals surface area contributed by atoms with Crippen LogP contribution in [0, 0.1) is 0 Å². The van der Waals surface area contributed by atoms with E-state index in [9.17, 15) is 0 Å². The van der Waals surface area contributed by atoms with Crippen LogP contribution >= 0.6 is 0 Å². The third-order valence-corrected chi connectivity index (χ3v) is 2.87. The fourth-order valence-electron chi connectivity index (χ4n) is 1.88. The molecule has 0 heterocycles. The van der Waals surface area contributed by atoms with Gasteiger partial charge in [0.1, 0.15) is 0 Å². The number of rotatable bonds is 8. The van der Waals surface area contributed by atoms with Gasteiger partial charge in [-0.05, 0) is 36.6 Å². The van der Waals surface area contributed by atoms with Gasteiger partial charge in [-0.2, -0.15) is 0 Å². The van der Waals surface area contributed by atoms with Crippen molar-refractivity contribution < 1.29 is 4.74 Å². The molecule has 0 saturated carbocycles. The summed E-state index contributed by atoms with van der Waals surface area (Å²) in [5, 5.41) is 3.45. The van der Waals surface area contributed by atoms with Crippen LogP contribution in [0.3, 0.4) is 0 Å². The molecule has 0 aliphatic heterocycles. The van der Waals surface area contributed by atoms with E-state index in [1.54, 1.807) is 7.11 Å². The Kier molecular flexibility index (Phi) is 7.38. The number of nitrogens with one attached hydrogen (secondary N) is 1. The molecule has 0 bridgehead atoms. The van der Waals surface area contributed by atoms with Crippen molar-refractivity contribution in [3.63, 3.8) is 0 Å². The molecule has 1 rings (SSSR count). The van der Waals surface area contributed by atoms with Gasteiger partial charge in [-0.1, -0.05) is 43.7 Å². The van der Waals surface area contributed by atoms with Gasteiger partial charge in [-0.3, -0.25) is 0 Å². The summed E-state index contributed by atoms with van der Waals surface area (Å²) >= 11 is 0. The fourth-order valence-corrected chi connectivity index (χ4v) is 1.88. The predicted molar refractivity (Wildman–Crippen MR) is 78.6 cm³/mol. The Hall–Kier alpha value is -1.12. The van der Waals surface area contributed by atoms with E-state index in [0.29, 0.717) is 6.61 Å². The molecule has 100 valence electrons. The van der Waals surface area contributed by atoms with Crippen molar-refractivity contribution in [1.29, 1.82) is 0 Å². The first-order chi connectivity index (χ1) is 8.80. The minimum atomic E-state index is 0.678. The molecule has 2 nitrogen and oxygen atoms in total. The van der Waals surface area contributed by atoms with Crippen LogP contribution in [0.15, 0.2) is 29.8 Å². The highest BCUT2D eigenvalue weighted by Gasteiger charge is 1.97. The van der Waals surface area contributed by atoms with Crippen molar-refractivity contribution in [2.45, 2.75) is 33.3 Å². The zero-order valence-electron chi connectivity index (χ0n) is 11.8. The number of ether oxygens (including phenoxy) is 1. The van der Waals surface area contributed by atoms with E-state index >= 15 is 0 Å². The number of methoxy groups -OCH3 is 1. The summed E-state index contributed by atoms with van der Waals surface area (Å²) in [4.78, 5) is 0. The molecule has 0 unspecified atom stereocenters. The quantitative estimate of drug-likeness (QED) is 0.708. The topological polar surface area (TPSA) is 21.3 Å². The average Bonchev–Trinajstić information content (AvgIpc) is 2.38. The van der Waals surface area contributed by atoms with Gasteiger partial charge in [0.15, 0.2) is 0 Å². The Morgan fingerprint density at radius 2 is 2.17 bits per heavy atom. The molecule has 1 aromatic carbocycles. The van der Waals surface area contributed by atoms with Crippen LogP contribution in [0.2, 0.25) is 0 Å². The number of hydrogen-bond donors (Lipinski definition) is 1. The van der Waals surface area contributed by atoms with Crippen LogP contribution in [0.1, 0.15) is 37.8 Å². The molecule has 0 spiro atoms. The van der Waals surface area contributed by atoms with Gasteiger partial charge in [0, 0.05) is 13.7 Å². The first-order valence-corrected chi connectivity index (χ1v) is 6.78. The lowest BCUT2D eigenvalue weighted by Crippen LogP contribution is -2.17. The Morgan fingerprint density at radius 1 is 1.33 bits per heavy atom. The lowest BCUT2D eigenvalue weighted by atomic mass is 10.1. The van der Waals surface area contributed by atoms with Crippen LogP contribution in [-0.2, 0) is 11.3 Å². The third-order valence-electron chi connectivity index (χ3n) is 2.87. The first kappa shape index (κ1) is 14.9. The van der Waals surface area contributed by atoms with Crippen LogP contribution < -0.4 is 5.32 Å². The second-order valence-electron chi connectivity index (χ2n) is 4.51. The Bertz CT molecular complexity index is 371. The van der Waals surface area contributed by atoms with Crippen molar-refractivity contribution in [1.82, 2.24) is 5.32 Å². The van der Waals surface area contributed by atoms with Gasteiger partial charge in [-0.15, -0.1) is 0 Å². The smallest absolute Gasteiger partial charge is 0.0713 e. The molecule has 1 N–H and O–H groups in total. The molecule has 0 radical (unpaired) electrons. The fraction of sp³-hybridized carbons (Fsp3) is 0.500. The van der Waals surface area contributed by atoms with Gasteiger partial charge < -0.3 is 10.1 Å². The van der Waals surface area contributed by atoms with E-state index in [-0.39, 0.29) is 0 Å². The van der Waals surface area contributed by atoms with Gasteiger partial charge >= 0.3 is 0 Å². The van der Waals surface area contributed by atoms with Crippen LogP contribution in [-0.4, -0.2) is 20.2 Å². The maximum Gasteiger partial charge on any atom is 0.0713 e. The zero-order chi connectivity index (χ0) is 13.2. The molecular formula is C16H25NO. The highest BCUT2D eigenvalue weighted by atomic mass is 16.5. The SMILES string of the molecule is CCCNCC(=Cc1cccc(COC)c1)CC. The van der Waals surface area contributed by atoms with Crippen molar-refractivity contribution in [2.24, 2.45) is 0 Å². The van der Waals surface area contributed by atoms with Crippen LogP contribution in [0.4, 0.5) is 0 Å². The molecule has 0 fully saturated rings. The molecule has 0 aliphatic carbocycles. The minimum Gasteiger partial charge on any atom is -0.380 e. The van der Waals surface area contributed by atoms with Crippen molar-refractivity contribution in [3.8, 4) is 0 Å². The molecule has 0 atom stereocenters. The van der Waals surface area contributed by atoms with Gasteiger partial charge in [0.05, 0.1) is 6.61 Å². The molecule has 1 aromatic rings. The van der Waals surface area contributed by atoms with E-state index in [2.05, 4.69) is 49.5 Å². The molecular weight excluding hydrogens is 222 g/mol. The summed E-state index contributed by atoms with van der Waals surface area (Å²) < 4.78 is 5.16. The van der Waals surface area contributed by atoms with Gasteiger partial charge in [0.2, 0.25) is 0 Å². The normalized spacial score (nSPS) is 11.8. The largest absolute Gasteiger partial charge is 0.380 e. The molecule has 0 aromatic heterocycles. The highest BCUT2D eigenvalue weighted by molar-refractivity contribution is 5.54. The Labute approximate surface area is 111 Å². The van der Waals surface area contributed by atoms with E-state index in [1.807, 2.05) is 0 Å². The predicted octanol–water partition coefficient (Wildman–Crippen LogP) is 3.63. The van der Waals surface area contributed by atoms with E-state index in [1.165, 1.54) is 23.1 Å². The maximum absolute atomic E-state index is 5.16. The van der Waals surface area contributed by atoms with E-state index < -0.39 is 0 Å². The van der Waals surface area contributed by atoms with Gasteiger partial charge in [-0.25, -0.2) is 0 Å². The van der Waals surface area contributed by atoms with E-state index in [0.717, 1.165) is 19.5 Å². The summed E-state index contributed by atoms with van der Waals surface area (Å²) in [7, 11) is 1.73. The van der Waals surface area contributed by atoms with Crippen molar-refractivity contribution in [2.75, 3.05) is 20.2 Å². The van der Waals surface area contributed by atoms with E-state index in [4.69, 9.17) is 4.74 Å². The zero-order valence-corrected chi connectivity index (χ0v) is 11.8. The summed E-state index contributed by atoms with van der Waals surface area (Å²) in [5.41, 5.74) is 3.93. The van der Waals surface area contributed by atoms with Gasteiger partial charge in [0.25, 0.3) is 0 Å². The summed E-state index contributed by atoms with van der Waals surface area (Å²) in [6.45, 7) is 7.14. The number of benzene rings is 1. The lowest BCUT2D eigenvalue weighted by molar-refractivity contribution is 0.185. The molecule has 0 aliphatic rings. The summed E-state index contributed by atoms with van der Waals surface area (Å²) in [6.07, 6.45) is 4.55. The molecule has 2 heteroatoms. The number of hydrogen-bond acceptors (Lipinski definition) is 2. The standard InChI is InChI=1S/C16H25NO/c1-4-9-17-12-14(5-2)10-15-7-6-8-16(11-15)13-18-3/h6-8,10-11,17H,4-5,9,12-13H2,1-3H3. The summed E-state index contributed by atoms with van der Waals surface area (Å²) in [6, 6.07) is 8.53. The Morgan fingerprint density at radius 3 is 2.83 bits per heavy atom. The highest BCUT2D eigenvalue weighted by Crippen LogP contribution is 2.12. The monoisotopic (exact) mass is 247 g/mol. The maximum atomic E-state index is 5.16. The average molecular weight is 247 g/mol. The minimum absolute atomic E-state index is 0.678. The molecule has 0 saturated heterocycles. The molecule has 18 heavy (non-hydrogen) atoms. The van der Waals surface area contributed by atoms with Crippen molar-refractivity contribution >= 4 is 6.08 Å². The van der Waals surface area contributed by atoms with Crippen molar-refractivity contribution in [3.05, 3.63) is 41.0 Å². The first-order valence-electron chi connectivity index (χ1n) is 6.78. The summed E-state index contributed by atoms with van der Waals surface area (Å²) in [5.74, 6) is 0. The second kappa shape index (κ2) is 8.90. The Balaban J connectivity index is 2.68.